The number of thiazole rings is 1. The highest BCUT2D eigenvalue weighted by molar-refractivity contribution is 7.15. The molecule has 1 atom stereocenters. The number of anilines is 1. The molecule has 0 amide bonds. The van der Waals surface area contributed by atoms with Gasteiger partial charge in [0.25, 0.3) is 0 Å². The second kappa shape index (κ2) is 6.32. The second-order valence-electron chi connectivity index (χ2n) is 6.10. The largest absolute Gasteiger partial charge is 0.481 e. The topological polar surface area (TPSA) is 65.5 Å². The minimum Gasteiger partial charge on any atom is -0.481 e. The molecule has 1 saturated carbocycles. The van der Waals surface area contributed by atoms with Crippen LogP contribution in [0.15, 0.2) is 0 Å². The average molecular weight is 309 g/mol. The molecule has 0 bridgehead atoms. The summed E-state index contributed by atoms with van der Waals surface area (Å²) in [5.41, 5.74) is 0.791. The fourth-order valence-corrected chi connectivity index (χ4v) is 4.47. The number of nitrogens with zero attached hydrogens (tertiary/aromatic N) is 2. The summed E-state index contributed by atoms with van der Waals surface area (Å²) in [5, 5.41) is 13.4. The Bertz CT molecular complexity index is 511. The van der Waals surface area contributed by atoms with E-state index in [0.717, 1.165) is 41.3 Å². The number of aromatic nitrogens is 1. The summed E-state index contributed by atoms with van der Waals surface area (Å²) in [6.07, 6.45) is 6.92. The zero-order valence-corrected chi connectivity index (χ0v) is 13.3. The van der Waals surface area contributed by atoms with E-state index in [9.17, 15) is 9.90 Å². The molecule has 0 radical (unpaired) electrons. The van der Waals surface area contributed by atoms with Gasteiger partial charge in [0.15, 0.2) is 5.13 Å². The first kappa shape index (κ1) is 14.8. The Balaban J connectivity index is 1.50. The van der Waals surface area contributed by atoms with E-state index in [-0.39, 0.29) is 0 Å². The van der Waals surface area contributed by atoms with E-state index in [1.54, 1.807) is 11.3 Å². The lowest BCUT2D eigenvalue weighted by atomic mass is 10.1. The molecule has 2 aliphatic carbocycles. The number of hydrogen-bond acceptors (Lipinski definition) is 5. The molecule has 6 heteroatoms. The van der Waals surface area contributed by atoms with E-state index in [1.165, 1.54) is 25.7 Å². The van der Waals surface area contributed by atoms with Crippen LogP contribution in [0.4, 0.5) is 5.13 Å². The van der Waals surface area contributed by atoms with Crippen molar-refractivity contribution in [2.75, 3.05) is 25.5 Å². The molecule has 2 N–H and O–H groups in total. The Hall–Kier alpha value is -1.14. The van der Waals surface area contributed by atoms with E-state index in [2.05, 4.69) is 22.2 Å². The minimum atomic E-state index is -0.744. The summed E-state index contributed by atoms with van der Waals surface area (Å²) >= 11 is 1.62. The SMILES string of the molecule is CN(CCNc1nc2c(s1)CCC2C(=O)O)C1CCCC1. The van der Waals surface area contributed by atoms with Gasteiger partial charge in [0.1, 0.15) is 5.92 Å². The van der Waals surface area contributed by atoms with Crippen LogP contribution in [-0.4, -0.2) is 47.1 Å². The number of carboxylic acid groups (broad SMARTS) is 1. The van der Waals surface area contributed by atoms with Crippen LogP contribution >= 0.6 is 11.3 Å². The zero-order valence-electron chi connectivity index (χ0n) is 12.5. The third-order valence-electron chi connectivity index (χ3n) is 4.70. The number of hydrogen-bond donors (Lipinski definition) is 2. The lowest BCUT2D eigenvalue weighted by Gasteiger charge is -2.23. The van der Waals surface area contributed by atoms with Gasteiger partial charge in [-0.1, -0.05) is 12.8 Å². The minimum absolute atomic E-state index is 0.395. The van der Waals surface area contributed by atoms with E-state index in [4.69, 9.17) is 0 Å². The highest BCUT2D eigenvalue weighted by Gasteiger charge is 2.32. The van der Waals surface area contributed by atoms with Gasteiger partial charge in [-0.25, -0.2) is 4.98 Å². The smallest absolute Gasteiger partial charge is 0.312 e. The lowest BCUT2D eigenvalue weighted by Crippen LogP contribution is -2.33. The van der Waals surface area contributed by atoms with Gasteiger partial charge in [-0.2, -0.15) is 0 Å². The monoisotopic (exact) mass is 309 g/mol. The molecule has 1 fully saturated rings. The Morgan fingerprint density at radius 1 is 1.43 bits per heavy atom. The Labute approximate surface area is 129 Å². The number of rotatable bonds is 6. The molecular weight excluding hydrogens is 286 g/mol. The van der Waals surface area contributed by atoms with Gasteiger partial charge >= 0.3 is 5.97 Å². The van der Waals surface area contributed by atoms with Gasteiger partial charge in [0, 0.05) is 24.0 Å². The molecule has 1 unspecified atom stereocenters. The number of carboxylic acids is 1. The van der Waals surface area contributed by atoms with Crippen LogP contribution in [0.3, 0.4) is 0 Å². The molecule has 116 valence electrons. The van der Waals surface area contributed by atoms with Crippen molar-refractivity contribution in [3.05, 3.63) is 10.6 Å². The fraction of sp³-hybridized carbons (Fsp3) is 0.733. The van der Waals surface area contributed by atoms with Crippen LogP contribution in [-0.2, 0) is 11.2 Å². The predicted molar refractivity (Wildman–Crippen MR) is 84.2 cm³/mol. The molecule has 1 aromatic rings. The summed E-state index contributed by atoms with van der Waals surface area (Å²) in [6, 6.07) is 0.740. The van der Waals surface area contributed by atoms with Gasteiger partial charge < -0.3 is 15.3 Å². The maximum absolute atomic E-state index is 11.2. The van der Waals surface area contributed by atoms with Crippen molar-refractivity contribution in [3.8, 4) is 0 Å². The average Bonchev–Trinajstić information content (AvgIpc) is 3.14. The molecule has 1 aromatic heterocycles. The van der Waals surface area contributed by atoms with E-state index in [1.807, 2.05) is 0 Å². The number of aryl methyl sites for hydroxylation is 1. The van der Waals surface area contributed by atoms with Gasteiger partial charge in [-0.15, -0.1) is 11.3 Å². The fourth-order valence-electron chi connectivity index (χ4n) is 3.41. The van der Waals surface area contributed by atoms with Crippen molar-refractivity contribution in [3.63, 3.8) is 0 Å². The molecule has 0 saturated heterocycles. The maximum Gasteiger partial charge on any atom is 0.312 e. The molecule has 0 spiro atoms. The predicted octanol–water partition coefficient (Wildman–Crippen LogP) is 2.54. The Kier molecular flexibility index (Phi) is 4.45. The van der Waals surface area contributed by atoms with Crippen LogP contribution in [0, 0.1) is 0 Å². The van der Waals surface area contributed by atoms with E-state index in [0.29, 0.717) is 6.42 Å². The van der Waals surface area contributed by atoms with Crippen LogP contribution < -0.4 is 5.32 Å². The van der Waals surface area contributed by atoms with Crippen LogP contribution in [0.25, 0.3) is 0 Å². The molecule has 2 aliphatic rings. The number of fused-ring (bicyclic) bond motifs is 1. The van der Waals surface area contributed by atoms with Crippen molar-refractivity contribution in [2.45, 2.75) is 50.5 Å². The highest BCUT2D eigenvalue weighted by atomic mass is 32.1. The summed E-state index contributed by atoms with van der Waals surface area (Å²) in [5.74, 6) is -1.14. The van der Waals surface area contributed by atoms with Gasteiger partial charge in [-0.3, -0.25) is 4.79 Å². The van der Waals surface area contributed by atoms with Gasteiger partial charge in [0.05, 0.1) is 5.69 Å². The quantitative estimate of drug-likeness (QED) is 0.845. The molecule has 1 heterocycles. The van der Waals surface area contributed by atoms with Gasteiger partial charge in [-0.05, 0) is 32.7 Å². The Morgan fingerprint density at radius 2 is 2.19 bits per heavy atom. The van der Waals surface area contributed by atoms with Crippen LogP contribution in [0.2, 0.25) is 0 Å². The number of carbonyl (C=O) groups is 1. The molecule has 5 nitrogen and oxygen atoms in total. The van der Waals surface area contributed by atoms with Crippen molar-refractivity contribution in [2.24, 2.45) is 0 Å². The molecule has 3 rings (SSSR count). The van der Waals surface area contributed by atoms with Crippen LogP contribution in [0.1, 0.15) is 48.6 Å². The summed E-state index contributed by atoms with van der Waals surface area (Å²) in [6.45, 7) is 1.88. The molecule has 0 aliphatic heterocycles. The standard InChI is InChI=1S/C15H23N3O2S/c1-18(10-4-2-3-5-10)9-8-16-15-17-13-11(14(19)20)6-7-12(13)21-15/h10-11H,2-9H2,1H3,(H,16,17)(H,19,20). The number of likely N-dealkylation sites (N-methyl/N-ethyl adjacent to an activating group) is 1. The van der Waals surface area contributed by atoms with Crippen molar-refractivity contribution in [1.82, 2.24) is 9.88 Å². The molecule has 21 heavy (non-hydrogen) atoms. The normalized spacial score (nSPS) is 21.9. The first-order valence-corrected chi connectivity index (χ1v) is 8.63. The third kappa shape index (κ3) is 3.21. The highest BCUT2D eigenvalue weighted by Crippen LogP contribution is 2.38. The first-order valence-electron chi connectivity index (χ1n) is 7.81. The van der Waals surface area contributed by atoms with Gasteiger partial charge in [0.2, 0.25) is 0 Å². The zero-order chi connectivity index (χ0) is 14.8. The van der Waals surface area contributed by atoms with E-state index < -0.39 is 11.9 Å². The van der Waals surface area contributed by atoms with E-state index >= 15 is 0 Å². The lowest BCUT2D eigenvalue weighted by molar-refractivity contribution is -0.138. The van der Waals surface area contributed by atoms with Crippen molar-refractivity contribution in [1.29, 1.82) is 0 Å². The summed E-state index contributed by atoms with van der Waals surface area (Å²) in [4.78, 5) is 19.2. The first-order chi connectivity index (χ1) is 10.1. The molecule has 0 aromatic carbocycles. The second-order valence-corrected chi connectivity index (χ2v) is 7.19. The Morgan fingerprint density at radius 3 is 2.90 bits per heavy atom. The van der Waals surface area contributed by atoms with Crippen molar-refractivity contribution >= 4 is 22.4 Å². The van der Waals surface area contributed by atoms with Crippen LogP contribution in [0.5, 0.6) is 0 Å². The summed E-state index contributed by atoms with van der Waals surface area (Å²) in [7, 11) is 2.19. The maximum atomic E-state index is 11.2. The third-order valence-corrected chi connectivity index (χ3v) is 5.79. The number of nitrogens with one attached hydrogen (secondary N) is 1. The number of aliphatic carboxylic acids is 1. The van der Waals surface area contributed by atoms with Crippen molar-refractivity contribution < 1.29 is 9.90 Å². The molecular formula is C15H23N3O2S. The summed E-state index contributed by atoms with van der Waals surface area (Å²) < 4.78 is 0.